The van der Waals surface area contributed by atoms with Crippen molar-refractivity contribution in [2.45, 2.75) is 10.9 Å². The lowest BCUT2D eigenvalue weighted by molar-refractivity contribution is -0.137. The third kappa shape index (κ3) is 3.68. The molecule has 1 amide bonds. The molecule has 2 rings (SSSR count). The second-order valence-corrected chi connectivity index (χ2v) is 6.49. The fourth-order valence-corrected chi connectivity index (χ4v) is 3.69. The number of hydrogen-bond acceptors (Lipinski definition) is 5. The summed E-state index contributed by atoms with van der Waals surface area (Å²) in [5, 5.41) is 8.69. The van der Waals surface area contributed by atoms with Crippen LogP contribution in [0.4, 0.5) is 5.69 Å². The van der Waals surface area contributed by atoms with Crippen LogP contribution in [0.15, 0.2) is 29.2 Å². The number of fused-ring (bicyclic) bond motifs is 1. The molecule has 0 aliphatic carbocycles. The van der Waals surface area contributed by atoms with Gasteiger partial charge in [-0.1, -0.05) is 12.1 Å². The predicted octanol–water partition coefficient (Wildman–Crippen LogP) is 1.27. The van der Waals surface area contributed by atoms with Gasteiger partial charge in [-0.25, -0.2) is 0 Å². The molecule has 7 heteroatoms. The Morgan fingerprint density at radius 3 is 2.95 bits per heavy atom. The monoisotopic (exact) mass is 312 g/mol. The zero-order chi connectivity index (χ0) is 14.5. The fourth-order valence-electron chi connectivity index (χ4n) is 1.85. The predicted molar refractivity (Wildman–Crippen MR) is 82.5 cm³/mol. The average Bonchev–Trinajstić information content (AvgIpc) is 2.46. The van der Waals surface area contributed by atoms with Crippen LogP contribution in [0.25, 0.3) is 0 Å². The van der Waals surface area contributed by atoms with Crippen LogP contribution in [-0.4, -0.2) is 46.8 Å². The van der Waals surface area contributed by atoms with Crippen molar-refractivity contribution < 1.29 is 14.7 Å². The Bertz CT molecular complexity index is 510. The maximum atomic E-state index is 12.2. The molecule has 20 heavy (non-hydrogen) atoms. The van der Waals surface area contributed by atoms with E-state index >= 15 is 0 Å². The number of aliphatic carboxylic acids is 1. The fraction of sp³-hybridized carbons (Fsp3) is 0.385. The van der Waals surface area contributed by atoms with Crippen LogP contribution in [0, 0.1) is 0 Å². The number of nitrogens with two attached hydrogens (primary N) is 1. The van der Waals surface area contributed by atoms with Gasteiger partial charge in [0.25, 0.3) is 0 Å². The zero-order valence-electron chi connectivity index (χ0n) is 10.8. The Morgan fingerprint density at radius 2 is 2.20 bits per heavy atom. The van der Waals surface area contributed by atoms with Crippen molar-refractivity contribution in [1.29, 1.82) is 0 Å². The Balaban J connectivity index is 1.92. The lowest BCUT2D eigenvalue weighted by Crippen LogP contribution is -2.37. The van der Waals surface area contributed by atoms with Gasteiger partial charge in [-0.3, -0.25) is 9.59 Å². The molecule has 0 saturated heterocycles. The van der Waals surface area contributed by atoms with Crippen LogP contribution in [0.2, 0.25) is 0 Å². The summed E-state index contributed by atoms with van der Waals surface area (Å²) in [5.74, 6) is 0.331. The summed E-state index contributed by atoms with van der Waals surface area (Å²) in [5.41, 5.74) is 6.35. The van der Waals surface area contributed by atoms with Crippen molar-refractivity contribution in [3.05, 3.63) is 24.3 Å². The van der Waals surface area contributed by atoms with E-state index < -0.39 is 12.0 Å². The standard InChI is InChI=1S/C13H16N2O3S2/c14-9(13(17)18)7-19-8-12(16)15-5-6-20-11-4-2-1-3-10(11)15/h1-4,9H,5-8,14H2,(H,17,18)/t9-/m1/s1. The summed E-state index contributed by atoms with van der Waals surface area (Å²) in [6.07, 6.45) is 0. The normalized spacial score (nSPS) is 15.6. The van der Waals surface area contributed by atoms with Gasteiger partial charge in [-0.15, -0.1) is 23.5 Å². The average molecular weight is 312 g/mol. The van der Waals surface area contributed by atoms with E-state index in [1.54, 1.807) is 16.7 Å². The molecule has 1 aliphatic rings. The number of hydrogen-bond donors (Lipinski definition) is 2. The quantitative estimate of drug-likeness (QED) is 0.852. The molecular formula is C13H16N2O3S2. The van der Waals surface area contributed by atoms with E-state index in [0.717, 1.165) is 16.3 Å². The van der Waals surface area contributed by atoms with E-state index in [4.69, 9.17) is 10.8 Å². The number of thioether (sulfide) groups is 2. The molecule has 5 nitrogen and oxygen atoms in total. The lowest BCUT2D eigenvalue weighted by Gasteiger charge is -2.29. The molecule has 1 aromatic carbocycles. The summed E-state index contributed by atoms with van der Waals surface area (Å²) in [6.45, 7) is 0.687. The molecular weight excluding hydrogens is 296 g/mol. The van der Waals surface area contributed by atoms with Gasteiger partial charge in [-0.05, 0) is 12.1 Å². The van der Waals surface area contributed by atoms with Crippen LogP contribution in [-0.2, 0) is 9.59 Å². The van der Waals surface area contributed by atoms with E-state index in [9.17, 15) is 9.59 Å². The Labute approximate surface area is 125 Å². The van der Waals surface area contributed by atoms with E-state index in [-0.39, 0.29) is 17.4 Å². The number of carboxylic acid groups (broad SMARTS) is 1. The first-order valence-electron chi connectivity index (χ1n) is 6.18. The number of nitrogens with zero attached hydrogens (tertiary/aromatic N) is 1. The highest BCUT2D eigenvalue weighted by atomic mass is 32.2. The summed E-state index contributed by atoms with van der Waals surface area (Å²) in [7, 11) is 0. The summed E-state index contributed by atoms with van der Waals surface area (Å²) < 4.78 is 0. The van der Waals surface area contributed by atoms with Gasteiger partial charge in [0.1, 0.15) is 6.04 Å². The molecule has 0 saturated carbocycles. The highest BCUT2D eigenvalue weighted by Gasteiger charge is 2.22. The molecule has 0 bridgehead atoms. The molecule has 0 radical (unpaired) electrons. The first-order valence-corrected chi connectivity index (χ1v) is 8.32. The van der Waals surface area contributed by atoms with Gasteiger partial charge in [0, 0.05) is 22.9 Å². The molecule has 108 valence electrons. The minimum Gasteiger partial charge on any atom is -0.480 e. The number of amides is 1. The van der Waals surface area contributed by atoms with Gasteiger partial charge in [-0.2, -0.15) is 0 Å². The van der Waals surface area contributed by atoms with E-state index in [2.05, 4.69) is 0 Å². The SMILES string of the molecule is N[C@H](CSCC(=O)N1CCSc2ccccc21)C(=O)O. The minimum atomic E-state index is -1.04. The van der Waals surface area contributed by atoms with Crippen molar-refractivity contribution in [3.63, 3.8) is 0 Å². The van der Waals surface area contributed by atoms with Gasteiger partial charge in [0.15, 0.2) is 0 Å². The molecule has 1 atom stereocenters. The second-order valence-electron chi connectivity index (χ2n) is 4.32. The molecule has 1 aromatic rings. The molecule has 0 unspecified atom stereocenters. The molecule has 0 fully saturated rings. The molecule has 1 aliphatic heterocycles. The summed E-state index contributed by atoms with van der Waals surface area (Å²) >= 11 is 3.01. The molecule has 0 aromatic heterocycles. The van der Waals surface area contributed by atoms with Crippen LogP contribution >= 0.6 is 23.5 Å². The largest absolute Gasteiger partial charge is 0.480 e. The zero-order valence-corrected chi connectivity index (χ0v) is 12.5. The molecule has 0 spiro atoms. The maximum Gasteiger partial charge on any atom is 0.321 e. The topological polar surface area (TPSA) is 83.6 Å². The number of carboxylic acids is 1. The number of benzene rings is 1. The van der Waals surface area contributed by atoms with Crippen LogP contribution in [0.5, 0.6) is 0 Å². The second kappa shape index (κ2) is 7.01. The van der Waals surface area contributed by atoms with E-state index in [1.807, 2.05) is 24.3 Å². The van der Waals surface area contributed by atoms with Crippen molar-refractivity contribution in [1.82, 2.24) is 0 Å². The van der Waals surface area contributed by atoms with Gasteiger partial charge in [0.2, 0.25) is 5.91 Å². The number of anilines is 1. The van der Waals surface area contributed by atoms with Gasteiger partial charge < -0.3 is 15.7 Å². The van der Waals surface area contributed by atoms with Crippen LogP contribution < -0.4 is 10.6 Å². The third-order valence-corrected chi connectivity index (χ3v) is 4.96. The highest BCUT2D eigenvalue weighted by molar-refractivity contribution is 8.00. The Hall–Kier alpha value is -1.18. The number of para-hydroxylation sites is 1. The van der Waals surface area contributed by atoms with Crippen molar-refractivity contribution >= 4 is 41.1 Å². The van der Waals surface area contributed by atoms with Gasteiger partial charge in [0.05, 0.1) is 11.4 Å². The number of rotatable bonds is 5. The number of carbonyl (C=O) groups excluding carboxylic acids is 1. The van der Waals surface area contributed by atoms with Crippen molar-refractivity contribution in [2.75, 3.05) is 28.7 Å². The van der Waals surface area contributed by atoms with Gasteiger partial charge >= 0.3 is 5.97 Å². The first kappa shape index (κ1) is 15.2. The van der Waals surface area contributed by atoms with Crippen LogP contribution in [0.3, 0.4) is 0 Å². The van der Waals surface area contributed by atoms with Crippen LogP contribution in [0.1, 0.15) is 0 Å². The smallest absolute Gasteiger partial charge is 0.321 e. The van der Waals surface area contributed by atoms with Crippen molar-refractivity contribution in [2.24, 2.45) is 5.73 Å². The Morgan fingerprint density at radius 1 is 1.45 bits per heavy atom. The summed E-state index contributed by atoms with van der Waals surface area (Å²) in [4.78, 5) is 25.7. The molecule has 3 N–H and O–H groups in total. The summed E-state index contributed by atoms with van der Waals surface area (Å²) in [6, 6.07) is 6.90. The maximum absolute atomic E-state index is 12.2. The van der Waals surface area contributed by atoms with Crippen molar-refractivity contribution in [3.8, 4) is 0 Å². The number of carbonyl (C=O) groups is 2. The minimum absolute atomic E-state index is 0.000314. The Kier molecular flexibility index (Phi) is 5.33. The first-order chi connectivity index (χ1) is 9.59. The van der Waals surface area contributed by atoms with E-state index in [1.165, 1.54) is 11.8 Å². The van der Waals surface area contributed by atoms with E-state index in [0.29, 0.717) is 6.54 Å². The third-order valence-electron chi connectivity index (χ3n) is 2.87. The highest BCUT2D eigenvalue weighted by Crippen LogP contribution is 2.34. The molecule has 1 heterocycles. The lowest BCUT2D eigenvalue weighted by atomic mass is 10.3.